The van der Waals surface area contributed by atoms with Crippen molar-refractivity contribution in [2.75, 3.05) is 6.79 Å². The van der Waals surface area contributed by atoms with Gasteiger partial charge in [0, 0.05) is 5.92 Å². The Morgan fingerprint density at radius 2 is 1.29 bits per heavy atom. The van der Waals surface area contributed by atoms with Crippen LogP contribution in [0.1, 0.15) is 38.3 Å². The fourth-order valence-corrected chi connectivity index (χ4v) is 3.30. The molecule has 6 heteroatoms. The number of hydrogen-bond donors (Lipinski definition) is 0. The van der Waals surface area contributed by atoms with Crippen LogP contribution in [0.5, 0.6) is 0 Å². The molecule has 2 atom stereocenters. The van der Waals surface area contributed by atoms with E-state index in [0.29, 0.717) is 12.8 Å². The standard InChI is InChI=1S/C25H29ClO5/c1-25(2,3)24(29)31-17-30-23(28)21(15-19-12-8-5-9-13-19)16-20(22(26)27)14-18-10-6-4-7-11-18/h4-13,20-21H,14-17H2,1-3H3/t20-,21?/m0/s1. The average Bonchev–Trinajstić information content (AvgIpc) is 2.73. The van der Waals surface area contributed by atoms with Crippen molar-refractivity contribution < 1.29 is 23.9 Å². The molecule has 0 aromatic heterocycles. The average molecular weight is 445 g/mol. The number of ether oxygens (including phenoxy) is 2. The Balaban J connectivity index is 2.10. The maximum absolute atomic E-state index is 12.8. The highest BCUT2D eigenvalue weighted by molar-refractivity contribution is 6.64. The van der Waals surface area contributed by atoms with Gasteiger partial charge in [0.05, 0.1) is 11.3 Å². The van der Waals surface area contributed by atoms with Gasteiger partial charge in [0.2, 0.25) is 12.0 Å². The van der Waals surface area contributed by atoms with Gasteiger partial charge in [0.15, 0.2) is 0 Å². The fourth-order valence-electron chi connectivity index (χ4n) is 3.14. The maximum Gasteiger partial charge on any atom is 0.314 e. The molecular weight excluding hydrogens is 416 g/mol. The molecule has 166 valence electrons. The summed E-state index contributed by atoms with van der Waals surface area (Å²) < 4.78 is 10.3. The first-order chi connectivity index (χ1) is 14.7. The zero-order chi connectivity index (χ0) is 22.9. The highest BCUT2D eigenvalue weighted by atomic mass is 35.5. The molecule has 31 heavy (non-hydrogen) atoms. The van der Waals surface area contributed by atoms with Gasteiger partial charge in [0.25, 0.3) is 0 Å². The Morgan fingerprint density at radius 3 is 1.74 bits per heavy atom. The first kappa shape index (κ1) is 24.6. The van der Waals surface area contributed by atoms with Gasteiger partial charge in [0.1, 0.15) is 0 Å². The van der Waals surface area contributed by atoms with Crippen molar-refractivity contribution in [2.45, 2.75) is 40.0 Å². The van der Waals surface area contributed by atoms with Crippen molar-refractivity contribution in [3.63, 3.8) is 0 Å². The van der Waals surface area contributed by atoms with Crippen LogP contribution in [0.4, 0.5) is 0 Å². The van der Waals surface area contributed by atoms with Gasteiger partial charge in [-0.2, -0.15) is 0 Å². The van der Waals surface area contributed by atoms with Gasteiger partial charge in [-0.1, -0.05) is 60.7 Å². The van der Waals surface area contributed by atoms with Crippen molar-refractivity contribution in [3.8, 4) is 0 Å². The molecule has 0 bridgehead atoms. The molecule has 0 fully saturated rings. The van der Waals surface area contributed by atoms with E-state index in [1.807, 2.05) is 60.7 Å². The van der Waals surface area contributed by atoms with E-state index in [9.17, 15) is 14.4 Å². The van der Waals surface area contributed by atoms with E-state index < -0.39 is 41.2 Å². The van der Waals surface area contributed by atoms with Gasteiger partial charge in [-0.3, -0.25) is 14.4 Å². The highest BCUT2D eigenvalue weighted by Crippen LogP contribution is 2.24. The minimum absolute atomic E-state index is 0.234. The second kappa shape index (κ2) is 11.7. The summed E-state index contributed by atoms with van der Waals surface area (Å²) in [7, 11) is 0. The molecule has 2 aromatic carbocycles. The Bertz CT molecular complexity index is 858. The summed E-state index contributed by atoms with van der Waals surface area (Å²) >= 11 is 5.88. The van der Waals surface area contributed by atoms with Gasteiger partial charge < -0.3 is 9.47 Å². The van der Waals surface area contributed by atoms with E-state index in [0.717, 1.165) is 11.1 Å². The van der Waals surface area contributed by atoms with E-state index in [4.69, 9.17) is 21.1 Å². The van der Waals surface area contributed by atoms with Crippen LogP contribution in [-0.4, -0.2) is 24.0 Å². The van der Waals surface area contributed by atoms with Crippen LogP contribution >= 0.6 is 11.6 Å². The Hall–Kier alpha value is -2.66. The molecule has 0 aliphatic rings. The second-order valence-corrected chi connectivity index (χ2v) is 8.95. The molecule has 5 nitrogen and oxygen atoms in total. The third-order valence-electron chi connectivity index (χ3n) is 4.88. The van der Waals surface area contributed by atoms with Crippen molar-refractivity contribution >= 4 is 28.8 Å². The van der Waals surface area contributed by atoms with Crippen molar-refractivity contribution in [1.29, 1.82) is 0 Å². The molecule has 0 amide bonds. The Labute approximate surface area is 188 Å². The van der Waals surface area contributed by atoms with E-state index in [1.165, 1.54) is 0 Å². The number of benzene rings is 2. The number of rotatable bonds is 10. The van der Waals surface area contributed by atoms with E-state index in [1.54, 1.807) is 20.8 Å². The lowest BCUT2D eigenvalue weighted by Crippen LogP contribution is -2.29. The lowest BCUT2D eigenvalue weighted by molar-refractivity contribution is -0.175. The molecule has 0 N–H and O–H groups in total. The largest absolute Gasteiger partial charge is 0.428 e. The highest BCUT2D eigenvalue weighted by Gasteiger charge is 2.29. The fraction of sp³-hybridized carbons (Fsp3) is 0.400. The molecule has 0 heterocycles. The van der Waals surface area contributed by atoms with Gasteiger partial charge in [-0.15, -0.1) is 0 Å². The number of hydrogen-bond acceptors (Lipinski definition) is 5. The third kappa shape index (κ3) is 8.54. The smallest absolute Gasteiger partial charge is 0.314 e. The second-order valence-electron chi connectivity index (χ2n) is 8.58. The molecule has 0 spiro atoms. The minimum Gasteiger partial charge on any atom is -0.428 e. The lowest BCUT2D eigenvalue weighted by Gasteiger charge is -2.21. The third-order valence-corrected chi connectivity index (χ3v) is 5.19. The molecule has 0 aliphatic heterocycles. The van der Waals surface area contributed by atoms with Crippen LogP contribution in [0.3, 0.4) is 0 Å². The normalized spacial score (nSPS) is 13.2. The summed E-state index contributed by atoms with van der Waals surface area (Å²) in [6.07, 6.45) is 1.06. The zero-order valence-electron chi connectivity index (χ0n) is 18.2. The number of esters is 2. The van der Waals surface area contributed by atoms with Crippen LogP contribution in [0.25, 0.3) is 0 Å². The molecule has 0 aliphatic carbocycles. The monoisotopic (exact) mass is 444 g/mol. The topological polar surface area (TPSA) is 69.7 Å². The number of carbonyl (C=O) groups excluding carboxylic acids is 3. The van der Waals surface area contributed by atoms with Crippen LogP contribution < -0.4 is 0 Å². The van der Waals surface area contributed by atoms with Crippen LogP contribution in [0.2, 0.25) is 0 Å². The zero-order valence-corrected chi connectivity index (χ0v) is 18.9. The van der Waals surface area contributed by atoms with Crippen LogP contribution in [0.15, 0.2) is 60.7 Å². The van der Waals surface area contributed by atoms with Crippen molar-refractivity contribution in [2.24, 2.45) is 17.3 Å². The molecule has 2 rings (SSSR count). The predicted octanol–water partition coefficient (Wildman–Crippen LogP) is 4.95. The van der Waals surface area contributed by atoms with Crippen LogP contribution in [-0.2, 0) is 36.7 Å². The molecule has 0 radical (unpaired) electrons. The summed E-state index contributed by atoms with van der Waals surface area (Å²) in [4.78, 5) is 36.8. The summed E-state index contributed by atoms with van der Waals surface area (Å²) in [5, 5.41) is -0.492. The van der Waals surface area contributed by atoms with Crippen molar-refractivity contribution in [3.05, 3.63) is 71.8 Å². The number of carbonyl (C=O) groups is 3. The minimum atomic E-state index is -0.693. The lowest BCUT2D eigenvalue weighted by atomic mass is 9.86. The summed E-state index contributed by atoms with van der Waals surface area (Å²) in [5.41, 5.74) is 1.21. The van der Waals surface area contributed by atoms with E-state index >= 15 is 0 Å². The Kier molecular flexibility index (Phi) is 9.25. The SMILES string of the molecule is CC(C)(C)C(=O)OCOC(=O)C(Cc1ccccc1)C[C@H](Cc1ccccc1)C(=O)Cl. The van der Waals surface area contributed by atoms with Gasteiger partial charge in [-0.05, 0) is 62.8 Å². The van der Waals surface area contributed by atoms with Crippen molar-refractivity contribution in [1.82, 2.24) is 0 Å². The predicted molar refractivity (Wildman–Crippen MR) is 119 cm³/mol. The van der Waals surface area contributed by atoms with Gasteiger partial charge in [-0.25, -0.2) is 0 Å². The molecule has 2 aromatic rings. The molecule has 1 unspecified atom stereocenters. The molecule has 0 saturated carbocycles. The molecular formula is C25H29ClO5. The summed E-state index contributed by atoms with van der Waals surface area (Å²) in [6, 6.07) is 19.0. The number of halogens is 1. The van der Waals surface area contributed by atoms with Gasteiger partial charge >= 0.3 is 11.9 Å². The van der Waals surface area contributed by atoms with E-state index in [2.05, 4.69) is 0 Å². The molecule has 0 saturated heterocycles. The maximum atomic E-state index is 12.8. The first-order valence-electron chi connectivity index (χ1n) is 10.3. The van der Waals surface area contributed by atoms with E-state index in [-0.39, 0.29) is 6.42 Å². The quantitative estimate of drug-likeness (QED) is 0.294. The Morgan fingerprint density at radius 1 is 0.806 bits per heavy atom. The van der Waals surface area contributed by atoms with Crippen LogP contribution in [0, 0.1) is 17.3 Å². The summed E-state index contributed by atoms with van der Waals surface area (Å²) in [6.45, 7) is 4.69. The summed E-state index contributed by atoms with van der Waals surface area (Å²) in [5.74, 6) is -2.13. The first-order valence-corrected chi connectivity index (χ1v) is 10.7.